The highest BCUT2D eigenvalue weighted by molar-refractivity contribution is 6.30. The van der Waals surface area contributed by atoms with Gasteiger partial charge in [-0.15, -0.1) is 10.2 Å². The quantitative estimate of drug-likeness (QED) is 0.885. The Bertz CT molecular complexity index is 637. The monoisotopic (exact) mass is 322 g/mol. The predicted molar refractivity (Wildman–Crippen MR) is 83.9 cm³/mol. The van der Waals surface area contributed by atoms with Crippen LogP contribution in [-0.4, -0.2) is 32.8 Å². The number of nitrogens with one attached hydrogen (secondary N) is 1. The van der Waals surface area contributed by atoms with Gasteiger partial charge in [-0.2, -0.15) is 0 Å². The highest BCUT2D eigenvalue weighted by atomic mass is 35.5. The lowest BCUT2D eigenvalue weighted by atomic mass is 10.1. The molecule has 0 aliphatic heterocycles. The molecule has 2 aromatic rings. The fourth-order valence-electron chi connectivity index (χ4n) is 1.88. The molecule has 1 heterocycles. The van der Waals surface area contributed by atoms with Gasteiger partial charge in [-0.25, -0.2) is 0 Å². The van der Waals surface area contributed by atoms with Crippen LogP contribution in [0.3, 0.4) is 0 Å². The normalized spacial score (nSPS) is 11.3. The molecule has 0 radical (unpaired) electrons. The summed E-state index contributed by atoms with van der Waals surface area (Å²) in [7, 11) is 0. The molecule has 1 N–H and O–H groups in total. The van der Waals surface area contributed by atoms with E-state index in [0.717, 1.165) is 5.82 Å². The van der Waals surface area contributed by atoms with E-state index in [1.165, 1.54) is 0 Å². The van der Waals surface area contributed by atoms with E-state index in [4.69, 9.17) is 16.3 Å². The van der Waals surface area contributed by atoms with Crippen LogP contribution in [0.2, 0.25) is 5.02 Å². The largest absolute Gasteiger partial charge is 0.478 e. The standard InChI is InChI=1S/C15H19ClN4O2/c1-11-19-18-10-20(11)9-8-17-14(21)15(2,3)22-13-6-4-12(16)5-7-13/h4-7,10H,8-9H2,1-3H3,(H,17,21). The lowest BCUT2D eigenvalue weighted by Crippen LogP contribution is -2.47. The van der Waals surface area contributed by atoms with Crippen LogP contribution in [0.4, 0.5) is 0 Å². The topological polar surface area (TPSA) is 69.0 Å². The van der Waals surface area contributed by atoms with Gasteiger partial charge in [0.2, 0.25) is 0 Å². The van der Waals surface area contributed by atoms with Crippen molar-refractivity contribution in [3.05, 3.63) is 41.4 Å². The van der Waals surface area contributed by atoms with E-state index >= 15 is 0 Å². The van der Waals surface area contributed by atoms with Gasteiger partial charge in [0, 0.05) is 18.1 Å². The van der Waals surface area contributed by atoms with Gasteiger partial charge in [0.05, 0.1) is 0 Å². The maximum absolute atomic E-state index is 12.2. The minimum absolute atomic E-state index is 0.187. The summed E-state index contributed by atoms with van der Waals surface area (Å²) in [5, 5.41) is 11.2. The molecule has 1 aromatic carbocycles. The zero-order valence-corrected chi connectivity index (χ0v) is 13.6. The zero-order chi connectivity index (χ0) is 16.2. The van der Waals surface area contributed by atoms with E-state index in [9.17, 15) is 4.79 Å². The third-order valence-electron chi connectivity index (χ3n) is 3.18. The zero-order valence-electron chi connectivity index (χ0n) is 12.8. The summed E-state index contributed by atoms with van der Waals surface area (Å²) < 4.78 is 7.60. The van der Waals surface area contributed by atoms with Crippen molar-refractivity contribution in [2.75, 3.05) is 6.54 Å². The number of carbonyl (C=O) groups is 1. The van der Waals surface area contributed by atoms with Crippen molar-refractivity contribution in [3.8, 4) is 5.75 Å². The van der Waals surface area contributed by atoms with Gasteiger partial charge in [0.25, 0.3) is 5.91 Å². The van der Waals surface area contributed by atoms with E-state index in [1.54, 1.807) is 44.4 Å². The predicted octanol–water partition coefficient (Wildman–Crippen LogP) is 2.21. The Hall–Kier alpha value is -2.08. The molecule has 22 heavy (non-hydrogen) atoms. The Kier molecular flexibility index (Phi) is 5.03. The van der Waals surface area contributed by atoms with Crippen molar-refractivity contribution in [2.24, 2.45) is 0 Å². The molecule has 1 amide bonds. The van der Waals surface area contributed by atoms with Gasteiger partial charge in [0.1, 0.15) is 17.9 Å². The summed E-state index contributed by atoms with van der Waals surface area (Å²) in [6, 6.07) is 6.91. The summed E-state index contributed by atoms with van der Waals surface area (Å²) in [5.74, 6) is 1.22. The molecule has 118 valence electrons. The van der Waals surface area contributed by atoms with Crippen molar-refractivity contribution in [1.29, 1.82) is 0 Å². The number of hydrogen-bond acceptors (Lipinski definition) is 4. The fraction of sp³-hybridized carbons (Fsp3) is 0.400. The van der Waals surface area contributed by atoms with Crippen LogP contribution in [0, 0.1) is 6.92 Å². The Morgan fingerprint density at radius 1 is 1.36 bits per heavy atom. The molecular weight excluding hydrogens is 304 g/mol. The first kappa shape index (κ1) is 16.3. The summed E-state index contributed by atoms with van der Waals surface area (Å²) in [6.07, 6.45) is 1.64. The van der Waals surface area contributed by atoms with E-state index < -0.39 is 5.60 Å². The lowest BCUT2D eigenvalue weighted by molar-refractivity contribution is -0.134. The van der Waals surface area contributed by atoms with Gasteiger partial charge in [-0.05, 0) is 45.0 Å². The van der Waals surface area contributed by atoms with Crippen molar-refractivity contribution in [1.82, 2.24) is 20.1 Å². The van der Waals surface area contributed by atoms with Crippen LogP contribution >= 0.6 is 11.6 Å². The first-order valence-electron chi connectivity index (χ1n) is 6.96. The third-order valence-corrected chi connectivity index (χ3v) is 3.43. The van der Waals surface area contributed by atoms with Crippen LogP contribution in [0.1, 0.15) is 19.7 Å². The molecule has 7 heteroatoms. The molecule has 0 saturated heterocycles. The number of carbonyl (C=O) groups excluding carboxylic acids is 1. The Morgan fingerprint density at radius 3 is 2.64 bits per heavy atom. The van der Waals surface area contributed by atoms with E-state index in [-0.39, 0.29) is 5.91 Å². The third kappa shape index (κ3) is 4.21. The molecule has 2 rings (SSSR count). The van der Waals surface area contributed by atoms with Crippen LogP contribution in [0.5, 0.6) is 5.75 Å². The second kappa shape index (κ2) is 6.79. The van der Waals surface area contributed by atoms with Crippen LogP contribution in [-0.2, 0) is 11.3 Å². The number of amides is 1. The smallest absolute Gasteiger partial charge is 0.263 e. The van der Waals surface area contributed by atoms with Crippen LogP contribution < -0.4 is 10.1 Å². The van der Waals surface area contributed by atoms with Crippen molar-refractivity contribution < 1.29 is 9.53 Å². The van der Waals surface area contributed by atoms with Gasteiger partial charge in [0.15, 0.2) is 5.60 Å². The highest BCUT2D eigenvalue weighted by Crippen LogP contribution is 2.20. The number of hydrogen-bond donors (Lipinski definition) is 1. The minimum Gasteiger partial charge on any atom is -0.478 e. The summed E-state index contributed by atoms with van der Waals surface area (Å²) in [4.78, 5) is 12.2. The average molecular weight is 323 g/mol. The van der Waals surface area contributed by atoms with Crippen LogP contribution in [0.15, 0.2) is 30.6 Å². The molecule has 0 saturated carbocycles. The molecule has 0 atom stereocenters. The minimum atomic E-state index is -0.976. The number of rotatable bonds is 6. The summed E-state index contributed by atoms with van der Waals surface area (Å²) in [5.41, 5.74) is -0.976. The van der Waals surface area contributed by atoms with Crippen molar-refractivity contribution in [2.45, 2.75) is 32.9 Å². The van der Waals surface area contributed by atoms with Crippen molar-refractivity contribution in [3.63, 3.8) is 0 Å². The van der Waals surface area contributed by atoms with Crippen molar-refractivity contribution >= 4 is 17.5 Å². The summed E-state index contributed by atoms with van der Waals surface area (Å²) in [6.45, 7) is 6.40. The Labute approximate surface area is 134 Å². The van der Waals surface area contributed by atoms with Crippen LogP contribution in [0.25, 0.3) is 0 Å². The molecular formula is C15H19ClN4O2. The summed E-state index contributed by atoms with van der Waals surface area (Å²) >= 11 is 5.83. The van der Waals surface area contributed by atoms with Gasteiger partial charge >= 0.3 is 0 Å². The van der Waals surface area contributed by atoms with Gasteiger partial charge in [-0.1, -0.05) is 11.6 Å². The maximum Gasteiger partial charge on any atom is 0.263 e. The molecule has 6 nitrogen and oxygen atoms in total. The molecule has 0 aliphatic rings. The average Bonchev–Trinajstić information content (AvgIpc) is 2.87. The maximum atomic E-state index is 12.2. The van der Waals surface area contributed by atoms with E-state index in [0.29, 0.717) is 23.9 Å². The SMILES string of the molecule is Cc1nncn1CCNC(=O)C(C)(C)Oc1ccc(Cl)cc1. The molecule has 1 aromatic heterocycles. The number of aryl methyl sites for hydroxylation is 1. The highest BCUT2D eigenvalue weighted by Gasteiger charge is 2.29. The Balaban J connectivity index is 1.87. The fourth-order valence-corrected chi connectivity index (χ4v) is 2.00. The second-order valence-corrected chi connectivity index (χ2v) is 5.83. The first-order valence-corrected chi connectivity index (χ1v) is 7.33. The number of halogens is 1. The second-order valence-electron chi connectivity index (χ2n) is 5.39. The van der Waals surface area contributed by atoms with E-state index in [2.05, 4.69) is 15.5 Å². The number of benzene rings is 1. The number of ether oxygens (including phenoxy) is 1. The van der Waals surface area contributed by atoms with Gasteiger partial charge < -0.3 is 14.6 Å². The number of aromatic nitrogens is 3. The molecule has 0 bridgehead atoms. The van der Waals surface area contributed by atoms with E-state index in [1.807, 2.05) is 11.5 Å². The molecule has 0 aliphatic carbocycles. The number of nitrogens with zero attached hydrogens (tertiary/aromatic N) is 3. The molecule has 0 fully saturated rings. The lowest BCUT2D eigenvalue weighted by Gasteiger charge is -2.25. The Morgan fingerprint density at radius 2 is 2.05 bits per heavy atom. The van der Waals surface area contributed by atoms with Gasteiger partial charge in [-0.3, -0.25) is 4.79 Å². The first-order chi connectivity index (χ1) is 10.4. The molecule has 0 unspecified atom stereocenters. The molecule has 0 spiro atoms.